The number of rotatable bonds is 2. The van der Waals surface area contributed by atoms with Gasteiger partial charge in [0.15, 0.2) is 0 Å². The molecule has 6 heteroatoms. The van der Waals surface area contributed by atoms with E-state index in [0.717, 1.165) is 0 Å². The average molecular weight is 289 g/mol. The Morgan fingerprint density at radius 2 is 2.06 bits per heavy atom. The molecule has 0 spiro atoms. The lowest BCUT2D eigenvalue weighted by atomic mass is 10.1. The van der Waals surface area contributed by atoms with Crippen molar-refractivity contribution in [1.82, 2.24) is 4.31 Å². The fraction of sp³-hybridized carbons (Fsp3) is 0.500. The van der Waals surface area contributed by atoms with Crippen molar-refractivity contribution in [3.05, 3.63) is 28.8 Å². The van der Waals surface area contributed by atoms with Crippen LogP contribution in [0, 0.1) is 12.8 Å². The summed E-state index contributed by atoms with van der Waals surface area (Å²) in [7, 11) is -3.49. The summed E-state index contributed by atoms with van der Waals surface area (Å²) in [5, 5.41) is 0.465. The summed E-state index contributed by atoms with van der Waals surface area (Å²) in [4.78, 5) is 0.274. The Hall–Kier alpha value is -0.620. The van der Waals surface area contributed by atoms with Crippen LogP contribution < -0.4 is 5.73 Å². The van der Waals surface area contributed by atoms with Crippen LogP contribution in [0.1, 0.15) is 12.5 Å². The molecule has 0 saturated carbocycles. The minimum atomic E-state index is -3.49. The molecule has 0 amide bonds. The highest BCUT2D eigenvalue weighted by molar-refractivity contribution is 7.89. The van der Waals surface area contributed by atoms with Gasteiger partial charge >= 0.3 is 0 Å². The van der Waals surface area contributed by atoms with Crippen LogP contribution in [-0.2, 0) is 10.0 Å². The molecule has 1 heterocycles. The molecule has 1 saturated heterocycles. The molecule has 1 aliphatic rings. The van der Waals surface area contributed by atoms with Crippen molar-refractivity contribution in [3.63, 3.8) is 0 Å². The van der Waals surface area contributed by atoms with Crippen molar-refractivity contribution in [2.45, 2.75) is 24.8 Å². The Morgan fingerprint density at radius 3 is 2.61 bits per heavy atom. The van der Waals surface area contributed by atoms with Gasteiger partial charge in [-0.2, -0.15) is 4.31 Å². The van der Waals surface area contributed by atoms with Gasteiger partial charge in [0.05, 0.1) is 4.90 Å². The Morgan fingerprint density at radius 1 is 1.39 bits per heavy atom. The van der Waals surface area contributed by atoms with Crippen molar-refractivity contribution in [2.75, 3.05) is 13.1 Å². The third-order valence-corrected chi connectivity index (χ3v) is 5.86. The van der Waals surface area contributed by atoms with E-state index in [1.165, 1.54) is 4.31 Å². The first-order chi connectivity index (χ1) is 8.34. The maximum absolute atomic E-state index is 12.5. The molecule has 4 nitrogen and oxygen atoms in total. The zero-order chi connectivity index (χ0) is 13.5. The van der Waals surface area contributed by atoms with E-state index in [9.17, 15) is 8.42 Å². The smallest absolute Gasteiger partial charge is 0.243 e. The van der Waals surface area contributed by atoms with Crippen LogP contribution in [0.4, 0.5) is 0 Å². The number of halogens is 1. The Balaban J connectivity index is 2.41. The van der Waals surface area contributed by atoms with Crippen LogP contribution >= 0.6 is 11.6 Å². The monoisotopic (exact) mass is 288 g/mol. The molecule has 1 aliphatic heterocycles. The number of nitrogens with two attached hydrogens (primary N) is 1. The Labute approximate surface area is 113 Å². The summed E-state index contributed by atoms with van der Waals surface area (Å²) in [6.45, 7) is 4.52. The van der Waals surface area contributed by atoms with Crippen LogP contribution in [0.5, 0.6) is 0 Å². The third kappa shape index (κ3) is 2.28. The van der Waals surface area contributed by atoms with E-state index in [1.54, 1.807) is 25.1 Å². The number of nitrogens with zero attached hydrogens (tertiary/aromatic N) is 1. The Bertz CT molecular complexity index is 549. The number of benzene rings is 1. The Kier molecular flexibility index (Phi) is 3.69. The van der Waals surface area contributed by atoms with Gasteiger partial charge in [0.2, 0.25) is 10.0 Å². The molecule has 18 heavy (non-hydrogen) atoms. The van der Waals surface area contributed by atoms with Gasteiger partial charge in [-0.25, -0.2) is 8.42 Å². The predicted molar refractivity (Wildman–Crippen MR) is 72.1 cm³/mol. The fourth-order valence-electron chi connectivity index (χ4n) is 2.15. The molecule has 1 fully saturated rings. The van der Waals surface area contributed by atoms with Crippen molar-refractivity contribution in [3.8, 4) is 0 Å². The lowest BCUT2D eigenvalue weighted by Gasteiger charge is -2.18. The molecule has 2 unspecified atom stereocenters. The average Bonchev–Trinajstić information content (AvgIpc) is 2.63. The molecule has 100 valence electrons. The van der Waals surface area contributed by atoms with E-state index < -0.39 is 10.0 Å². The first-order valence-corrected chi connectivity index (χ1v) is 7.66. The minimum absolute atomic E-state index is 0.0979. The highest BCUT2D eigenvalue weighted by Gasteiger charge is 2.36. The third-order valence-electron chi connectivity index (χ3n) is 3.47. The molecular weight excluding hydrogens is 272 g/mol. The van der Waals surface area contributed by atoms with Gasteiger partial charge in [-0.05, 0) is 30.5 Å². The standard InChI is InChI=1S/C12H17ClN2O2S/c1-8-6-15(7-11(8)14)18(16,17)12-5-3-4-10(13)9(12)2/h3-5,8,11H,6-7,14H2,1-2H3. The zero-order valence-corrected chi connectivity index (χ0v) is 12.0. The van der Waals surface area contributed by atoms with E-state index in [1.807, 2.05) is 6.92 Å². The molecule has 0 aliphatic carbocycles. The lowest BCUT2D eigenvalue weighted by molar-refractivity contribution is 0.464. The molecule has 1 aromatic carbocycles. The molecule has 1 aromatic rings. The minimum Gasteiger partial charge on any atom is -0.326 e. The summed E-state index contributed by atoms with van der Waals surface area (Å²) in [6.07, 6.45) is 0. The second-order valence-electron chi connectivity index (χ2n) is 4.83. The summed E-state index contributed by atoms with van der Waals surface area (Å²) in [5.41, 5.74) is 6.47. The maximum Gasteiger partial charge on any atom is 0.243 e. The van der Waals surface area contributed by atoms with Crippen LogP contribution in [0.2, 0.25) is 5.02 Å². The van der Waals surface area contributed by atoms with Crippen molar-refractivity contribution in [1.29, 1.82) is 0 Å². The highest BCUT2D eigenvalue weighted by Crippen LogP contribution is 2.28. The van der Waals surface area contributed by atoms with E-state index in [2.05, 4.69) is 0 Å². The van der Waals surface area contributed by atoms with Gasteiger partial charge in [-0.15, -0.1) is 0 Å². The zero-order valence-electron chi connectivity index (χ0n) is 10.4. The molecule has 2 rings (SSSR count). The number of sulfonamides is 1. The van der Waals surface area contributed by atoms with Crippen molar-refractivity contribution in [2.24, 2.45) is 11.7 Å². The largest absolute Gasteiger partial charge is 0.326 e. The molecule has 2 N–H and O–H groups in total. The van der Waals surface area contributed by atoms with E-state index in [4.69, 9.17) is 17.3 Å². The summed E-state index contributed by atoms with van der Waals surface area (Å²) in [5.74, 6) is 0.180. The van der Waals surface area contributed by atoms with E-state index in [0.29, 0.717) is 23.7 Å². The van der Waals surface area contributed by atoms with Gasteiger partial charge in [-0.1, -0.05) is 24.6 Å². The summed E-state index contributed by atoms with van der Waals surface area (Å²) >= 11 is 5.98. The maximum atomic E-state index is 12.5. The van der Waals surface area contributed by atoms with Crippen LogP contribution in [-0.4, -0.2) is 31.9 Å². The molecule has 0 radical (unpaired) electrons. The van der Waals surface area contributed by atoms with Gasteiger partial charge in [0.25, 0.3) is 0 Å². The topological polar surface area (TPSA) is 63.4 Å². The molecule has 0 aromatic heterocycles. The fourth-order valence-corrected chi connectivity index (χ4v) is 4.20. The normalized spacial score (nSPS) is 25.6. The number of hydrogen-bond acceptors (Lipinski definition) is 3. The van der Waals surface area contributed by atoms with Gasteiger partial charge in [0.1, 0.15) is 0 Å². The predicted octanol–water partition coefficient (Wildman–Crippen LogP) is 1.62. The first-order valence-electron chi connectivity index (χ1n) is 5.85. The number of hydrogen-bond donors (Lipinski definition) is 1. The van der Waals surface area contributed by atoms with Crippen molar-refractivity contribution >= 4 is 21.6 Å². The second kappa shape index (κ2) is 4.81. The van der Waals surface area contributed by atoms with Gasteiger partial charge in [-0.3, -0.25) is 0 Å². The van der Waals surface area contributed by atoms with Gasteiger partial charge < -0.3 is 5.73 Å². The van der Waals surface area contributed by atoms with Gasteiger partial charge in [0, 0.05) is 24.2 Å². The van der Waals surface area contributed by atoms with Crippen LogP contribution in [0.25, 0.3) is 0 Å². The van der Waals surface area contributed by atoms with Crippen LogP contribution in [0.15, 0.2) is 23.1 Å². The molecule has 0 bridgehead atoms. The second-order valence-corrected chi connectivity index (χ2v) is 7.14. The van der Waals surface area contributed by atoms with E-state index >= 15 is 0 Å². The molecular formula is C12H17ClN2O2S. The van der Waals surface area contributed by atoms with E-state index in [-0.39, 0.29) is 16.9 Å². The summed E-state index contributed by atoms with van der Waals surface area (Å²) < 4.78 is 26.5. The van der Waals surface area contributed by atoms with Crippen LogP contribution in [0.3, 0.4) is 0 Å². The quantitative estimate of drug-likeness (QED) is 0.899. The highest BCUT2D eigenvalue weighted by atomic mass is 35.5. The first kappa shape index (κ1) is 13.8. The lowest BCUT2D eigenvalue weighted by Crippen LogP contribution is -2.32. The SMILES string of the molecule is Cc1c(Cl)cccc1S(=O)(=O)N1CC(C)C(N)C1. The summed E-state index contributed by atoms with van der Waals surface area (Å²) in [6, 6.07) is 4.83. The molecule has 2 atom stereocenters. The van der Waals surface area contributed by atoms with Crippen molar-refractivity contribution < 1.29 is 8.42 Å².